The van der Waals surface area contributed by atoms with Crippen LogP contribution in [0.3, 0.4) is 0 Å². The summed E-state index contributed by atoms with van der Waals surface area (Å²) < 4.78 is 18.5. The molecule has 5 nitrogen and oxygen atoms in total. The van der Waals surface area contributed by atoms with Gasteiger partial charge in [-0.15, -0.1) is 0 Å². The average molecular weight is 418 g/mol. The first-order valence-corrected chi connectivity index (χ1v) is 10.1. The second-order valence-electron chi connectivity index (χ2n) is 7.41. The lowest BCUT2D eigenvalue weighted by molar-refractivity contribution is -0.119. The molecule has 0 spiro atoms. The number of carbonyl (C=O) groups is 2. The SMILES string of the molecule is COCCN1C(=O)c2ccccc2[C@H](C(=O)Nc2ccc(F)cc2)[C@@H]1c1ccccc1. The van der Waals surface area contributed by atoms with Gasteiger partial charge in [-0.1, -0.05) is 48.5 Å². The minimum atomic E-state index is -0.641. The Labute approximate surface area is 180 Å². The number of nitrogens with zero attached hydrogens (tertiary/aromatic N) is 1. The molecule has 1 N–H and O–H groups in total. The van der Waals surface area contributed by atoms with E-state index < -0.39 is 12.0 Å². The highest BCUT2D eigenvalue weighted by atomic mass is 19.1. The number of benzene rings is 3. The topological polar surface area (TPSA) is 58.6 Å². The third kappa shape index (κ3) is 4.20. The van der Waals surface area contributed by atoms with E-state index in [0.29, 0.717) is 30.0 Å². The van der Waals surface area contributed by atoms with Crippen molar-refractivity contribution in [3.8, 4) is 0 Å². The molecule has 0 fully saturated rings. The number of hydrogen-bond acceptors (Lipinski definition) is 3. The number of rotatable bonds is 6. The maximum Gasteiger partial charge on any atom is 0.254 e. The number of halogens is 1. The first-order valence-electron chi connectivity index (χ1n) is 10.1. The number of ether oxygens (including phenoxy) is 1. The van der Waals surface area contributed by atoms with Gasteiger partial charge in [-0.3, -0.25) is 9.59 Å². The van der Waals surface area contributed by atoms with E-state index in [1.165, 1.54) is 24.3 Å². The third-order valence-corrected chi connectivity index (χ3v) is 5.51. The largest absolute Gasteiger partial charge is 0.383 e. The highest BCUT2D eigenvalue weighted by Crippen LogP contribution is 2.43. The summed E-state index contributed by atoms with van der Waals surface area (Å²) in [5, 5.41) is 2.90. The summed E-state index contributed by atoms with van der Waals surface area (Å²) in [6.07, 6.45) is 0. The van der Waals surface area contributed by atoms with Gasteiger partial charge in [0.15, 0.2) is 0 Å². The van der Waals surface area contributed by atoms with Crippen molar-refractivity contribution < 1.29 is 18.7 Å². The smallest absolute Gasteiger partial charge is 0.254 e. The first-order chi connectivity index (χ1) is 15.1. The summed E-state index contributed by atoms with van der Waals surface area (Å²) in [5.74, 6) is -1.41. The molecule has 3 aromatic rings. The van der Waals surface area contributed by atoms with Gasteiger partial charge in [-0.05, 0) is 41.5 Å². The van der Waals surface area contributed by atoms with E-state index in [0.717, 1.165) is 5.56 Å². The number of carbonyl (C=O) groups excluding carboxylic acids is 2. The van der Waals surface area contributed by atoms with Crippen LogP contribution in [0.15, 0.2) is 78.9 Å². The molecule has 31 heavy (non-hydrogen) atoms. The fraction of sp³-hybridized carbons (Fsp3) is 0.200. The van der Waals surface area contributed by atoms with E-state index in [2.05, 4.69) is 5.32 Å². The Balaban J connectivity index is 1.80. The van der Waals surface area contributed by atoms with E-state index in [4.69, 9.17) is 4.74 Å². The highest BCUT2D eigenvalue weighted by Gasteiger charge is 2.43. The highest BCUT2D eigenvalue weighted by molar-refractivity contribution is 6.04. The van der Waals surface area contributed by atoms with Crippen molar-refractivity contribution in [3.05, 3.63) is 101 Å². The Morgan fingerprint density at radius 1 is 1.00 bits per heavy atom. The molecule has 0 unspecified atom stereocenters. The Morgan fingerprint density at radius 3 is 2.39 bits per heavy atom. The molecule has 0 bridgehead atoms. The molecule has 1 heterocycles. The van der Waals surface area contributed by atoms with E-state index in [1.807, 2.05) is 42.5 Å². The summed E-state index contributed by atoms with van der Waals surface area (Å²) in [7, 11) is 1.58. The van der Waals surface area contributed by atoms with Crippen molar-refractivity contribution in [2.24, 2.45) is 0 Å². The zero-order valence-electron chi connectivity index (χ0n) is 17.1. The quantitative estimate of drug-likeness (QED) is 0.646. The van der Waals surface area contributed by atoms with Crippen LogP contribution in [0.5, 0.6) is 0 Å². The lowest BCUT2D eigenvalue weighted by Gasteiger charge is -2.41. The van der Waals surface area contributed by atoms with Crippen LogP contribution in [0, 0.1) is 5.82 Å². The Kier molecular flexibility index (Phi) is 6.09. The van der Waals surface area contributed by atoms with Crippen LogP contribution in [0.1, 0.15) is 33.4 Å². The van der Waals surface area contributed by atoms with Crippen molar-refractivity contribution in [1.82, 2.24) is 4.90 Å². The molecule has 0 saturated heterocycles. The number of anilines is 1. The van der Waals surface area contributed by atoms with Gasteiger partial charge in [0.25, 0.3) is 5.91 Å². The minimum Gasteiger partial charge on any atom is -0.383 e. The van der Waals surface area contributed by atoms with Crippen LogP contribution in [0.25, 0.3) is 0 Å². The van der Waals surface area contributed by atoms with Gasteiger partial charge in [0, 0.05) is 24.9 Å². The van der Waals surface area contributed by atoms with Crippen LogP contribution >= 0.6 is 0 Å². The van der Waals surface area contributed by atoms with Crippen molar-refractivity contribution in [3.63, 3.8) is 0 Å². The molecular weight excluding hydrogens is 395 g/mol. The van der Waals surface area contributed by atoms with E-state index in [9.17, 15) is 14.0 Å². The molecule has 6 heteroatoms. The van der Waals surface area contributed by atoms with Crippen molar-refractivity contribution in [2.45, 2.75) is 12.0 Å². The molecule has 158 valence electrons. The number of fused-ring (bicyclic) bond motifs is 1. The summed E-state index contributed by atoms with van der Waals surface area (Å²) in [5.41, 5.74) is 2.54. The van der Waals surface area contributed by atoms with Crippen LogP contribution in [0.2, 0.25) is 0 Å². The number of nitrogens with one attached hydrogen (secondary N) is 1. The van der Waals surface area contributed by atoms with Gasteiger partial charge < -0.3 is 15.0 Å². The molecule has 0 aliphatic carbocycles. The average Bonchev–Trinajstić information content (AvgIpc) is 2.80. The Bertz CT molecular complexity index is 1070. The monoisotopic (exact) mass is 418 g/mol. The van der Waals surface area contributed by atoms with Crippen molar-refractivity contribution >= 4 is 17.5 Å². The standard InChI is InChI=1S/C25H23FN2O3/c1-31-16-15-28-23(17-7-3-2-4-8-17)22(20-9-5-6-10-21(20)25(28)30)24(29)27-19-13-11-18(26)12-14-19/h2-14,22-23H,15-16H2,1H3,(H,27,29)/t22-,23-/m0/s1. The number of hydrogen-bond donors (Lipinski definition) is 1. The Hall–Kier alpha value is -3.51. The molecule has 1 aliphatic heterocycles. The van der Waals surface area contributed by atoms with Crippen molar-refractivity contribution in [1.29, 1.82) is 0 Å². The first kappa shape index (κ1) is 20.8. The summed E-state index contributed by atoms with van der Waals surface area (Å²) in [6.45, 7) is 0.701. The van der Waals surface area contributed by atoms with Crippen LogP contribution in [-0.4, -0.2) is 37.0 Å². The Morgan fingerprint density at radius 2 is 1.68 bits per heavy atom. The van der Waals surface area contributed by atoms with Crippen LogP contribution in [-0.2, 0) is 9.53 Å². The summed E-state index contributed by atoms with van der Waals surface area (Å²) in [6, 6.07) is 21.9. The molecule has 4 rings (SSSR count). The molecule has 3 aromatic carbocycles. The lowest BCUT2D eigenvalue weighted by Crippen LogP contribution is -2.47. The van der Waals surface area contributed by atoms with Crippen LogP contribution in [0.4, 0.5) is 10.1 Å². The molecule has 0 aromatic heterocycles. The molecule has 0 radical (unpaired) electrons. The molecule has 0 saturated carbocycles. The molecule has 2 atom stereocenters. The third-order valence-electron chi connectivity index (χ3n) is 5.51. The fourth-order valence-electron chi connectivity index (χ4n) is 4.08. The second kappa shape index (κ2) is 9.10. The normalized spacial score (nSPS) is 17.9. The van der Waals surface area contributed by atoms with Gasteiger partial charge in [0.1, 0.15) is 5.82 Å². The van der Waals surface area contributed by atoms with Crippen molar-refractivity contribution in [2.75, 3.05) is 25.6 Å². The van der Waals surface area contributed by atoms with Gasteiger partial charge in [-0.2, -0.15) is 0 Å². The predicted octanol–water partition coefficient (Wildman–Crippen LogP) is 4.39. The van der Waals surface area contributed by atoms with Gasteiger partial charge in [-0.25, -0.2) is 4.39 Å². The van der Waals surface area contributed by atoms with E-state index in [-0.39, 0.29) is 17.6 Å². The van der Waals surface area contributed by atoms with Crippen LogP contribution < -0.4 is 5.32 Å². The maximum atomic E-state index is 13.6. The minimum absolute atomic E-state index is 0.132. The fourth-order valence-corrected chi connectivity index (χ4v) is 4.08. The second-order valence-corrected chi connectivity index (χ2v) is 7.41. The zero-order chi connectivity index (χ0) is 21.8. The molecular formula is C25H23FN2O3. The van der Waals surface area contributed by atoms with Gasteiger partial charge >= 0.3 is 0 Å². The predicted molar refractivity (Wildman–Crippen MR) is 116 cm³/mol. The van der Waals surface area contributed by atoms with E-state index in [1.54, 1.807) is 24.1 Å². The van der Waals surface area contributed by atoms with Gasteiger partial charge in [0.05, 0.1) is 18.6 Å². The summed E-state index contributed by atoms with van der Waals surface area (Å²) in [4.78, 5) is 28.6. The number of methoxy groups -OCH3 is 1. The summed E-state index contributed by atoms with van der Waals surface area (Å²) >= 11 is 0. The maximum absolute atomic E-state index is 13.6. The van der Waals surface area contributed by atoms with E-state index >= 15 is 0 Å². The molecule has 2 amide bonds. The zero-order valence-corrected chi connectivity index (χ0v) is 17.1. The molecule has 1 aliphatic rings. The van der Waals surface area contributed by atoms with Gasteiger partial charge in [0.2, 0.25) is 5.91 Å². The number of amides is 2. The lowest BCUT2D eigenvalue weighted by atomic mass is 9.79.